The van der Waals surface area contributed by atoms with Gasteiger partial charge in [0.15, 0.2) is 16.0 Å². The number of nitrogens with zero attached hydrogens (tertiary/aromatic N) is 3. The maximum absolute atomic E-state index is 13.4. The molecule has 1 fully saturated rings. The van der Waals surface area contributed by atoms with Crippen LogP contribution in [-0.4, -0.2) is 58.3 Å². The molecule has 3 rings (SSSR count). The highest BCUT2D eigenvalue weighted by Gasteiger charge is 2.25. The van der Waals surface area contributed by atoms with Crippen molar-refractivity contribution < 1.29 is 23.1 Å². The Labute approximate surface area is 175 Å². The Morgan fingerprint density at radius 3 is 2.86 bits per heavy atom. The minimum absolute atomic E-state index is 0.160. The molecule has 0 aliphatic carbocycles. The van der Waals surface area contributed by atoms with Crippen LogP contribution in [-0.2, 0) is 16.1 Å². The van der Waals surface area contributed by atoms with Gasteiger partial charge in [0.1, 0.15) is 5.69 Å². The maximum Gasteiger partial charge on any atom is 0.268 e. The molecule has 29 heavy (non-hydrogen) atoms. The number of hydrogen-bond donors (Lipinski definition) is 1. The van der Waals surface area contributed by atoms with Crippen molar-refractivity contribution in [3.63, 3.8) is 0 Å². The molecule has 0 saturated carbocycles. The van der Waals surface area contributed by atoms with Gasteiger partial charge in [-0.15, -0.1) is 11.3 Å². The summed E-state index contributed by atoms with van der Waals surface area (Å²) in [6, 6.07) is 3.86. The van der Waals surface area contributed by atoms with Crippen molar-refractivity contribution in [2.75, 3.05) is 26.2 Å². The van der Waals surface area contributed by atoms with E-state index < -0.39 is 17.5 Å². The Bertz CT molecular complexity index is 896. The summed E-state index contributed by atoms with van der Waals surface area (Å²) in [5.41, 5.74) is 6.04. The molecule has 1 aromatic heterocycles. The number of morpholine rings is 1. The van der Waals surface area contributed by atoms with Crippen LogP contribution in [0.1, 0.15) is 23.0 Å². The molecular formula is C18H20F2N4O3S2. The molecule has 0 radical (unpaired) electrons. The molecule has 2 amide bonds. The summed E-state index contributed by atoms with van der Waals surface area (Å²) >= 11 is 2.36. The van der Waals surface area contributed by atoms with E-state index in [9.17, 15) is 18.4 Å². The Kier molecular flexibility index (Phi) is 7.17. The van der Waals surface area contributed by atoms with E-state index in [1.807, 2.05) is 0 Å². The lowest BCUT2D eigenvalue weighted by Gasteiger charge is -2.35. The van der Waals surface area contributed by atoms with Gasteiger partial charge in [-0.2, -0.15) is 0 Å². The molecule has 2 aromatic rings. The predicted molar refractivity (Wildman–Crippen MR) is 105 cm³/mol. The molecular weight excluding hydrogens is 422 g/mol. The molecule has 1 aromatic carbocycles. The van der Waals surface area contributed by atoms with Crippen molar-refractivity contribution in [2.45, 2.75) is 23.9 Å². The highest BCUT2D eigenvalue weighted by atomic mass is 32.2. The van der Waals surface area contributed by atoms with E-state index in [-0.39, 0.29) is 17.7 Å². The summed E-state index contributed by atoms with van der Waals surface area (Å²) < 4.78 is 34.4. The first-order valence-electron chi connectivity index (χ1n) is 8.81. The second kappa shape index (κ2) is 9.61. The standard InChI is InChI=1S/C18H20F2N4O3S2/c1-11(25)24(29-18-22-16(10-28-18)17(21)26)9-13-8-23(4-5-27-13)7-12-2-3-14(19)15(20)6-12/h2-3,6,10,13H,4-5,7-9H2,1H3,(H2,21,26)/t13-/m0/s1. The molecule has 1 aliphatic rings. The van der Waals surface area contributed by atoms with E-state index >= 15 is 0 Å². The number of carbonyl (C=O) groups excluding carboxylic acids is 2. The van der Waals surface area contributed by atoms with Crippen LogP contribution >= 0.6 is 23.3 Å². The number of aromatic nitrogens is 1. The van der Waals surface area contributed by atoms with Gasteiger partial charge in [0.25, 0.3) is 5.91 Å². The van der Waals surface area contributed by atoms with Crippen LogP contribution in [0.4, 0.5) is 8.78 Å². The normalized spacial score (nSPS) is 17.3. The maximum atomic E-state index is 13.4. The lowest BCUT2D eigenvalue weighted by molar-refractivity contribution is -0.126. The minimum Gasteiger partial charge on any atom is -0.374 e. The van der Waals surface area contributed by atoms with E-state index in [0.29, 0.717) is 42.7 Å². The summed E-state index contributed by atoms with van der Waals surface area (Å²) in [4.78, 5) is 29.4. The molecule has 11 heteroatoms. The van der Waals surface area contributed by atoms with Crippen molar-refractivity contribution >= 4 is 35.1 Å². The molecule has 0 bridgehead atoms. The Morgan fingerprint density at radius 1 is 1.41 bits per heavy atom. The average Bonchev–Trinajstić information content (AvgIpc) is 3.13. The van der Waals surface area contributed by atoms with Gasteiger partial charge in [-0.1, -0.05) is 6.07 Å². The summed E-state index contributed by atoms with van der Waals surface area (Å²) in [5.74, 6) is -2.53. The van der Waals surface area contributed by atoms with Gasteiger partial charge in [0, 0.05) is 43.9 Å². The van der Waals surface area contributed by atoms with Gasteiger partial charge >= 0.3 is 0 Å². The average molecular weight is 443 g/mol. The second-order valence-corrected chi connectivity index (χ2v) is 8.64. The molecule has 156 valence electrons. The Balaban J connectivity index is 1.59. The first-order chi connectivity index (χ1) is 13.8. The lowest BCUT2D eigenvalue weighted by atomic mass is 10.1. The molecule has 1 atom stereocenters. The van der Waals surface area contributed by atoms with Gasteiger partial charge in [0.05, 0.1) is 19.3 Å². The summed E-state index contributed by atoms with van der Waals surface area (Å²) in [6.07, 6.45) is -0.249. The quantitative estimate of drug-likeness (QED) is 0.662. The van der Waals surface area contributed by atoms with Crippen molar-refractivity contribution in [3.05, 3.63) is 46.5 Å². The smallest absolute Gasteiger partial charge is 0.268 e. The van der Waals surface area contributed by atoms with Crippen molar-refractivity contribution in [2.24, 2.45) is 5.73 Å². The zero-order valence-corrected chi connectivity index (χ0v) is 17.3. The number of carbonyl (C=O) groups is 2. The van der Waals surface area contributed by atoms with E-state index in [1.165, 1.54) is 28.6 Å². The van der Waals surface area contributed by atoms with Gasteiger partial charge in [-0.05, 0) is 17.7 Å². The number of nitrogens with two attached hydrogens (primary N) is 1. The van der Waals surface area contributed by atoms with E-state index in [0.717, 1.165) is 18.0 Å². The highest BCUT2D eigenvalue weighted by molar-refractivity contribution is 7.99. The van der Waals surface area contributed by atoms with E-state index in [2.05, 4.69) is 9.88 Å². The lowest BCUT2D eigenvalue weighted by Crippen LogP contribution is -2.46. The predicted octanol–water partition coefficient (Wildman–Crippen LogP) is 2.28. The fourth-order valence-electron chi connectivity index (χ4n) is 2.85. The first-order valence-corrected chi connectivity index (χ1v) is 10.5. The topological polar surface area (TPSA) is 88.8 Å². The highest BCUT2D eigenvalue weighted by Crippen LogP contribution is 2.27. The monoisotopic (exact) mass is 442 g/mol. The number of ether oxygens (including phenoxy) is 1. The summed E-state index contributed by atoms with van der Waals surface area (Å²) in [6.45, 7) is 3.87. The largest absolute Gasteiger partial charge is 0.374 e. The zero-order valence-electron chi connectivity index (χ0n) is 15.6. The summed E-state index contributed by atoms with van der Waals surface area (Å²) in [5, 5.41) is 1.55. The molecule has 2 heterocycles. The molecule has 1 saturated heterocycles. The van der Waals surface area contributed by atoms with Crippen LogP contribution in [0.25, 0.3) is 0 Å². The third-order valence-electron chi connectivity index (χ3n) is 4.26. The van der Waals surface area contributed by atoms with Crippen molar-refractivity contribution in [1.82, 2.24) is 14.2 Å². The van der Waals surface area contributed by atoms with Crippen LogP contribution in [0, 0.1) is 11.6 Å². The van der Waals surface area contributed by atoms with Crippen LogP contribution in [0.15, 0.2) is 27.9 Å². The van der Waals surface area contributed by atoms with Gasteiger partial charge in [0.2, 0.25) is 5.91 Å². The van der Waals surface area contributed by atoms with E-state index in [4.69, 9.17) is 10.5 Å². The van der Waals surface area contributed by atoms with Crippen LogP contribution < -0.4 is 5.73 Å². The third kappa shape index (κ3) is 5.95. The van der Waals surface area contributed by atoms with Crippen LogP contribution in [0.3, 0.4) is 0 Å². The second-order valence-electron chi connectivity index (χ2n) is 6.51. The van der Waals surface area contributed by atoms with Crippen molar-refractivity contribution in [3.8, 4) is 0 Å². The van der Waals surface area contributed by atoms with Crippen LogP contribution in [0.2, 0.25) is 0 Å². The third-order valence-corrected chi connectivity index (χ3v) is 6.28. The number of thiazole rings is 1. The van der Waals surface area contributed by atoms with Gasteiger partial charge < -0.3 is 10.5 Å². The molecule has 0 unspecified atom stereocenters. The molecule has 0 spiro atoms. The number of halogens is 2. The number of primary amides is 1. The van der Waals surface area contributed by atoms with E-state index in [1.54, 1.807) is 11.4 Å². The van der Waals surface area contributed by atoms with Gasteiger partial charge in [-0.3, -0.25) is 18.8 Å². The number of benzene rings is 1. The fourth-order valence-corrected chi connectivity index (χ4v) is 4.67. The number of rotatable bonds is 7. The summed E-state index contributed by atoms with van der Waals surface area (Å²) in [7, 11) is 0. The minimum atomic E-state index is -0.871. The number of hydrogen-bond acceptors (Lipinski definition) is 7. The van der Waals surface area contributed by atoms with Gasteiger partial charge in [-0.25, -0.2) is 13.8 Å². The Hall–Kier alpha value is -2.08. The Morgan fingerprint density at radius 2 is 2.21 bits per heavy atom. The SMILES string of the molecule is CC(=O)N(C[C@@H]1CN(Cc2ccc(F)c(F)c2)CCO1)Sc1nc(C(N)=O)cs1. The molecule has 7 nitrogen and oxygen atoms in total. The fraction of sp³-hybridized carbons (Fsp3) is 0.389. The number of amides is 2. The molecule has 2 N–H and O–H groups in total. The van der Waals surface area contributed by atoms with Crippen LogP contribution in [0.5, 0.6) is 0 Å². The van der Waals surface area contributed by atoms with Crippen molar-refractivity contribution in [1.29, 1.82) is 0 Å². The first kappa shape index (κ1) is 21.6. The zero-order chi connectivity index (χ0) is 21.0. The molecule has 1 aliphatic heterocycles.